The summed E-state index contributed by atoms with van der Waals surface area (Å²) in [6, 6.07) is 17.4. The summed E-state index contributed by atoms with van der Waals surface area (Å²) >= 11 is 0. The molecular weight excluding hydrogens is 438 g/mol. The maximum absolute atomic E-state index is 13.6. The molecule has 1 unspecified atom stereocenters. The van der Waals surface area contributed by atoms with Gasteiger partial charge in [-0.2, -0.15) is 4.31 Å². The van der Waals surface area contributed by atoms with Crippen molar-refractivity contribution >= 4 is 27.5 Å². The fourth-order valence-corrected chi connectivity index (χ4v) is 5.47. The van der Waals surface area contributed by atoms with Crippen LogP contribution in [0.25, 0.3) is 0 Å². The molecule has 1 aliphatic heterocycles. The number of amides is 2. The van der Waals surface area contributed by atoms with Crippen molar-refractivity contribution in [3.05, 3.63) is 90.3 Å². The average molecular weight is 464 g/mol. The number of pyridine rings is 1. The summed E-state index contributed by atoms with van der Waals surface area (Å²) in [5.41, 5.74) is 2.14. The molecule has 1 saturated heterocycles. The van der Waals surface area contributed by atoms with Gasteiger partial charge in [0.1, 0.15) is 6.04 Å². The largest absolute Gasteiger partial charge is 0.274 e. The van der Waals surface area contributed by atoms with Crippen molar-refractivity contribution in [1.82, 2.24) is 9.29 Å². The summed E-state index contributed by atoms with van der Waals surface area (Å²) < 4.78 is 28.2. The van der Waals surface area contributed by atoms with Crippen LogP contribution in [0.15, 0.2) is 84.0 Å². The molecule has 8 heteroatoms. The second kappa shape index (κ2) is 9.25. The van der Waals surface area contributed by atoms with E-state index in [-0.39, 0.29) is 17.9 Å². The number of sulfonamides is 1. The summed E-state index contributed by atoms with van der Waals surface area (Å²) in [6.07, 6.45) is 2.92. The molecule has 0 saturated carbocycles. The van der Waals surface area contributed by atoms with Gasteiger partial charge in [0.05, 0.1) is 17.0 Å². The van der Waals surface area contributed by atoms with E-state index in [1.807, 2.05) is 12.1 Å². The normalized spacial score (nSPS) is 16.7. The zero-order chi connectivity index (χ0) is 23.6. The molecule has 0 aliphatic carbocycles. The SMILES string of the molecule is CC(C)c1ccc(N2C(=O)CC(N(Cc3cccnc3)S(=O)(=O)c3ccccc3)C2=O)cc1. The number of imide groups is 1. The summed E-state index contributed by atoms with van der Waals surface area (Å²) in [7, 11) is -4.06. The summed E-state index contributed by atoms with van der Waals surface area (Å²) in [6.45, 7) is 4.04. The molecule has 1 atom stereocenters. The third-order valence-electron chi connectivity index (χ3n) is 5.70. The number of nitrogens with zero attached hydrogens (tertiary/aromatic N) is 3. The van der Waals surface area contributed by atoms with Crippen molar-refractivity contribution < 1.29 is 18.0 Å². The minimum atomic E-state index is -4.06. The van der Waals surface area contributed by atoms with E-state index in [4.69, 9.17) is 0 Å². The Hall–Kier alpha value is -3.36. The Bertz CT molecular complexity index is 1240. The lowest BCUT2D eigenvalue weighted by Gasteiger charge is -2.27. The van der Waals surface area contributed by atoms with Crippen molar-refractivity contribution in [3.63, 3.8) is 0 Å². The molecule has 7 nitrogen and oxygen atoms in total. The summed E-state index contributed by atoms with van der Waals surface area (Å²) in [5.74, 6) is -0.676. The molecule has 0 N–H and O–H groups in total. The first kappa shape index (κ1) is 22.8. The fraction of sp³-hybridized carbons (Fsp3) is 0.240. The van der Waals surface area contributed by atoms with Crippen LogP contribution >= 0.6 is 0 Å². The maximum atomic E-state index is 13.6. The van der Waals surface area contributed by atoms with Gasteiger partial charge in [0.2, 0.25) is 15.9 Å². The van der Waals surface area contributed by atoms with Crippen molar-refractivity contribution in [2.75, 3.05) is 4.90 Å². The number of hydrogen-bond acceptors (Lipinski definition) is 5. The maximum Gasteiger partial charge on any atom is 0.252 e. The van der Waals surface area contributed by atoms with Gasteiger partial charge in [-0.3, -0.25) is 14.6 Å². The van der Waals surface area contributed by atoms with E-state index in [1.54, 1.807) is 54.9 Å². The number of carbonyl (C=O) groups excluding carboxylic acids is 2. The molecule has 3 aromatic rings. The molecule has 170 valence electrons. The molecule has 1 aromatic heterocycles. The molecule has 4 rings (SSSR count). The lowest BCUT2D eigenvalue weighted by atomic mass is 10.0. The first-order valence-corrected chi connectivity index (χ1v) is 12.2. The first-order chi connectivity index (χ1) is 15.8. The molecule has 1 aliphatic rings. The summed E-state index contributed by atoms with van der Waals surface area (Å²) in [5, 5.41) is 0. The van der Waals surface area contributed by atoms with E-state index in [1.165, 1.54) is 12.1 Å². The Balaban J connectivity index is 1.71. The molecule has 2 aromatic carbocycles. The molecule has 1 fully saturated rings. The van der Waals surface area contributed by atoms with Crippen molar-refractivity contribution in [2.24, 2.45) is 0 Å². The Morgan fingerprint density at radius 2 is 1.70 bits per heavy atom. The quantitative estimate of drug-likeness (QED) is 0.498. The van der Waals surface area contributed by atoms with E-state index < -0.39 is 27.9 Å². The van der Waals surface area contributed by atoms with Gasteiger partial charge >= 0.3 is 0 Å². The standard InChI is InChI=1S/C25H25N3O4S/c1-18(2)20-10-12-21(13-11-20)28-24(29)15-23(25(28)30)27(17-19-7-6-14-26-16-19)33(31,32)22-8-4-3-5-9-22/h3-14,16,18,23H,15,17H2,1-2H3. The van der Waals surface area contributed by atoms with Crippen molar-refractivity contribution in [1.29, 1.82) is 0 Å². The van der Waals surface area contributed by atoms with Crippen LogP contribution in [0.2, 0.25) is 0 Å². The van der Waals surface area contributed by atoms with Crippen molar-refractivity contribution in [3.8, 4) is 0 Å². The van der Waals surface area contributed by atoms with Crippen LogP contribution in [-0.2, 0) is 26.2 Å². The Morgan fingerprint density at radius 1 is 1.00 bits per heavy atom. The highest BCUT2D eigenvalue weighted by Crippen LogP contribution is 2.31. The monoisotopic (exact) mass is 463 g/mol. The number of carbonyl (C=O) groups is 2. The van der Waals surface area contributed by atoms with Gasteiger partial charge in [0.25, 0.3) is 5.91 Å². The lowest BCUT2D eigenvalue weighted by molar-refractivity contribution is -0.122. The van der Waals surface area contributed by atoms with E-state index in [2.05, 4.69) is 18.8 Å². The molecule has 0 bridgehead atoms. The van der Waals surface area contributed by atoms with Crippen LogP contribution in [0, 0.1) is 0 Å². The van der Waals surface area contributed by atoms with Crippen LogP contribution in [0.5, 0.6) is 0 Å². The topological polar surface area (TPSA) is 87.7 Å². The van der Waals surface area contributed by atoms with Gasteiger partial charge in [-0.25, -0.2) is 13.3 Å². The number of rotatable bonds is 7. The number of benzene rings is 2. The average Bonchev–Trinajstić information content (AvgIpc) is 3.12. The predicted octanol–water partition coefficient (Wildman–Crippen LogP) is 3.73. The molecule has 33 heavy (non-hydrogen) atoms. The van der Waals surface area contributed by atoms with E-state index >= 15 is 0 Å². The highest BCUT2D eigenvalue weighted by molar-refractivity contribution is 7.89. The molecule has 2 amide bonds. The predicted molar refractivity (Wildman–Crippen MR) is 125 cm³/mol. The van der Waals surface area contributed by atoms with Gasteiger partial charge in [-0.1, -0.05) is 50.2 Å². The Morgan fingerprint density at radius 3 is 2.30 bits per heavy atom. The molecule has 2 heterocycles. The number of aromatic nitrogens is 1. The second-order valence-electron chi connectivity index (χ2n) is 8.26. The lowest BCUT2D eigenvalue weighted by Crippen LogP contribution is -2.45. The minimum absolute atomic E-state index is 0.0638. The van der Waals surface area contributed by atoms with Gasteiger partial charge in [0, 0.05) is 18.9 Å². The highest BCUT2D eigenvalue weighted by atomic mass is 32.2. The van der Waals surface area contributed by atoms with E-state index in [0.717, 1.165) is 14.8 Å². The van der Waals surface area contributed by atoms with Crippen LogP contribution in [-0.4, -0.2) is 35.6 Å². The molecule has 0 spiro atoms. The zero-order valence-corrected chi connectivity index (χ0v) is 19.3. The third-order valence-corrected chi connectivity index (χ3v) is 7.57. The highest BCUT2D eigenvalue weighted by Gasteiger charge is 2.47. The zero-order valence-electron chi connectivity index (χ0n) is 18.5. The first-order valence-electron chi connectivity index (χ1n) is 10.7. The minimum Gasteiger partial charge on any atom is -0.274 e. The third kappa shape index (κ3) is 4.58. The van der Waals surface area contributed by atoms with Gasteiger partial charge in [0.15, 0.2) is 0 Å². The van der Waals surface area contributed by atoms with Crippen LogP contribution < -0.4 is 4.90 Å². The summed E-state index contributed by atoms with van der Waals surface area (Å²) in [4.78, 5) is 31.5. The van der Waals surface area contributed by atoms with Crippen LogP contribution in [0.1, 0.15) is 37.3 Å². The van der Waals surface area contributed by atoms with Gasteiger partial charge < -0.3 is 0 Å². The van der Waals surface area contributed by atoms with Crippen molar-refractivity contribution in [2.45, 2.75) is 43.7 Å². The second-order valence-corrected chi connectivity index (χ2v) is 10.1. The van der Waals surface area contributed by atoms with Crippen LogP contribution in [0.3, 0.4) is 0 Å². The van der Waals surface area contributed by atoms with E-state index in [0.29, 0.717) is 17.2 Å². The van der Waals surface area contributed by atoms with Gasteiger partial charge in [-0.15, -0.1) is 0 Å². The smallest absolute Gasteiger partial charge is 0.252 e. The Kier molecular flexibility index (Phi) is 6.40. The van der Waals surface area contributed by atoms with Gasteiger partial charge in [-0.05, 0) is 47.4 Å². The van der Waals surface area contributed by atoms with E-state index in [9.17, 15) is 18.0 Å². The number of anilines is 1. The fourth-order valence-electron chi connectivity index (χ4n) is 3.88. The van der Waals surface area contributed by atoms with Crippen LogP contribution in [0.4, 0.5) is 5.69 Å². The number of hydrogen-bond donors (Lipinski definition) is 0. The molecule has 0 radical (unpaired) electrons. The Labute approximate surface area is 193 Å². The molecular formula is C25H25N3O4S.